The van der Waals surface area contributed by atoms with Crippen molar-refractivity contribution in [2.45, 2.75) is 45.6 Å². The number of hydrogen-bond donors (Lipinski definition) is 2. The van der Waals surface area contributed by atoms with Gasteiger partial charge in [-0.15, -0.1) is 11.3 Å². The zero-order valence-corrected chi connectivity index (χ0v) is 11.4. The Labute approximate surface area is 110 Å². The molecule has 0 radical (unpaired) electrons. The lowest BCUT2D eigenvalue weighted by atomic mass is 10.1. The van der Waals surface area contributed by atoms with Crippen molar-refractivity contribution in [1.29, 1.82) is 0 Å². The Balaban J connectivity index is 2.58. The van der Waals surface area contributed by atoms with E-state index in [1.807, 2.05) is 0 Å². The average Bonchev–Trinajstić information content (AvgIpc) is 2.74. The highest BCUT2D eigenvalue weighted by atomic mass is 32.1. The first kappa shape index (κ1) is 14.6. The number of carbonyl (C=O) groups excluding carboxylic acids is 1. The lowest BCUT2D eigenvalue weighted by molar-refractivity contribution is -0.139. The molecule has 1 amide bonds. The molecule has 18 heavy (non-hydrogen) atoms. The van der Waals surface area contributed by atoms with E-state index in [-0.39, 0.29) is 5.91 Å². The highest BCUT2D eigenvalue weighted by molar-refractivity contribution is 7.11. The van der Waals surface area contributed by atoms with Crippen LogP contribution in [0.1, 0.15) is 48.0 Å². The third-order valence-electron chi connectivity index (χ3n) is 2.65. The van der Waals surface area contributed by atoms with Crippen LogP contribution in [0.25, 0.3) is 0 Å². The average molecular weight is 270 g/mol. The van der Waals surface area contributed by atoms with E-state index in [2.05, 4.69) is 17.2 Å². The second-order valence-corrected chi connectivity index (χ2v) is 4.98. The zero-order chi connectivity index (χ0) is 13.5. The highest BCUT2D eigenvalue weighted by Crippen LogP contribution is 2.13. The first-order valence-electron chi connectivity index (χ1n) is 6.00. The van der Waals surface area contributed by atoms with E-state index in [9.17, 15) is 9.59 Å². The van der Waals surface area contributed by atoms with Crippen molar-refractivity contribution in [2.24, 2.45) is 0 Å². The van der Waals surface area contributed by atoms with Crippen LogP contribution in [0.4, 0.5) is 0 Å². The van der Waals surface area contributed by atoms with E-state index >= 15 is 0 Å². The van der Waals surface area contributed by atoms with E-state index in [1.54, 1.807) is 12.4 Å². The van der Waals surface area contributed by atoms with Gasteiger partial charge in [-0.1, -0.05) is 26.2 Å². The normalized spacial score (nSPS) is 12.1. The highest BCUT2D eigenvalue weighted by Gasteiger charge is 2.21. The van der Waals surface area contributed by atoms with Crippen LogP contribution in [0.15, 0.2) is 5.51 Å². The molecule has 100 valence electrons. The van der Waals surface area contributed by atoms with Crippen molar-refractivity contribution < 1.29 is 14.7 Å². The Morgan fingerprint density at radius 3 is 2.72 bits per heavy atom. The summed E-state index contributed by atoms with van der Waals surface area (Å²) < 4.78 is 0. The van der Waals surface area contributed by atoms with Gasteiger partial charge < -0.3 is 10.4 Å². The van der Waals surface area contributed by atoms with Crippen LogP contribution < -0.4 is 5.32 Å². The molecular formula is C12H18N2O3S. The number of thiazole rings is 1. The maximum atomic E-state index is 11.9. The Bertz CT molecular complexity index is 417. The van der Waals surface area contributed by atoms with Crippen molar-refractivity contribution in [2.75, 3.05) is 0 Å². The van der Waals surface area contributed by atoms with Crippen LogP contribution in [0.2, 0.25) is 0 Å². The molecule has 1 atom stereocenters. The van der Waals surface area contributed by atoms with Gasteiger partial charge in [-0.25, -0.2) is 9.78 Å². The lowest BCUT2D eigenvalue weighted by Gasteiger charge is -2.13. The smallest absolute Gasteiger partial charge is 0.326 e. The summed E-state index contributed by atoms with van der Waals surface area (Å²) in [7, 11) is 0. The number of carboxylic acid groups (broad SMARTS) is 1. The number of carboxylic acids is 1. The molecule has 0 saturated carbocycles. The monoisotopic (exact) mass is 270 g/mol. The molecule has 0 spiro atoms. The molecule has 1 aromatic rings. The number of amides is 1. The van der Waals surface area contributed by atoms with Gasteiger partial charge in [0.2, 0.25) is 0 Å². The van der Waals surface area contributed by atoms with Crippen molar-refractivity contribution in [3.63, 3.8) is 0 Å². The van der Waals surface area contributed by atoms with E-state index in [1.165, 1.54) is 11.3 Å². The molecule has 1 rings (SSSR count). The Hall–Kier alpha value is -1.43. The Morgan fingerprint density at radius 2 is 2.22 bits per heavy atom. The van der Waals surface area contributed by atoms with Gasteiger partial charge in [0.25, 0.3) is 5.91 Å². The van der Waals surface area contributed by atoms with E-state index < -0.39 is 12.0 Å². The summed E-state index contributed by atoms with van der Waals surface area (Å²) in [5, 5.41) is 11.6. The second-order valence-electron chi connectivity index (χ2n) is 4.13. The quantitative estimate of drug-likeness (QED) is 0.744. The van der Waals surface area contributed by atoms with Crippen LogP contribution in [0, 0.1) is 6.92 Å². The number of aliphatic carboxylic acids is 1. The minimum absolute atomic E-state index is 0.348. The summed E-state index contributed by atoms with van der Waals surface area (Å²) in [5.41, 5.74) is 2.21. The van der Waals surface area contributed by atoms with Crippen molar-refractivity contribution in [3.05, 3.63) is 16.1 Å². The minimum atomic E-state index is -0.985. The third-order valence-corrected chi connectivity index (χ3v) is 3.58. The number of unbranched alkanes of at least 4 members (excludes halogenated alkanes) is 2. The maximum absolute atomic E-state index is 11.9. The minimum Gasteiger partial charge on any atom is -0.480 e. The molecule has 1 aromatic heterocycles. The third kappa shape index (κ3) is 4.10. The van der Waals surface area contributed by atoms with Gasteiger partial charge in [-0.05, 0) is 13.3 Å². The molecule has 2 N–H and O–H groups in total. The molecule has 0 aromatic carbocycles. The summed E-state index contributed by atoms with van der Waals surface area (Å²) in [4.78, 5) is 27.4. The van der Waals surface area contributed by atoms with Crippen molar-refractivity contribution in [1.82, 2.24) is 10.3 Å². The topological polar surface area (TPSA) is 79.3 Å². The maximum Gasteiger partial charge on any atom is 0.326 e. The summed E-state index contributed by atoms with van der Waals surface area (Å²) in [6, 6.07) is -0.814. The van der Waals surface area contributed by atoms with Gasteiger partial charge in [0.15, 0.2) is 0 Å². The van der Waals surface area contributed by atoms with Crippen LogP contribution in [-0.2, 0) is 4.79 Å². The number of rotatable bonds is 7. The molecule has 1 heterocycles. The number of hydrogen-bond acceptors (Lipinski definition) is 4. The Kier molecular flexibility index (Phi) is 5.77. The number of nitrogens with zero attached hydrogens (tertiary/aromatic N) is 1. The van der Waals surface area contributed by atoms with Gasteiger partial charge in [-0.2, -0.15) is 0 Å². The standard InChI is InChI=1S/C12H18N2O3S/c1-3-4-5-6-9(12(16)17)14-11(15)10-8(2)13-7-18-10/h7,9H,3-6H2,1-2H3,(H,14,15)(H,16,17)/t9-/m1/s1. The van der Waals surface area contributed by atoms with Gasteiger partial charge >= 0.3 is 5.97 Å². The van der Waals surface area contributed by atoms with Gasteiger partial charge in [0.1, 0.15) is 10.9 Å². The molecule has 0 aliphatic heterocycles. The largest absolute Gasteiger partial charge is 0.480 e. The van der Waals surface area contributed by atoms with Gasteiger partial charge in [0, 0.05) is 0 Å². The lowest BCUT2D eigenvalue weighted by Crippen LogP contribution is -2.40. The van der Waals surface area contributed by atoms with Crippen molar-refractivity contribution in [3.8, 4) is 0 Å². The predicted molar refractivity (Wildman–Crippen MR) is 69.9 cm³/mol. The van der Waals surface area contributed by atoms with Gasteiger partial charge in [0.05, 0.1) is 11.2 Å². The van der Waals surface area contributed by atoms with Crippen LogP contribution in [0.5, 0.6) is 0 Å². The zero-order valence-electron chi connectivity index (χ0n) is 10.6. The number of aromatic nitrogens is 1. The van der Waals surface area contributed by atoms with E-state index in [0.29, 0.717) is 17.0 Å². The number of carbonyl (C=O) groups is 2. The molecule has 0 aliphatic rings. The van der Waals surface area contributed by atoms with E-state index in [4.69, 9.17) is 5.11 Å². The summed E-state index contributed by atoms with van der Waals surface area (Å²) in [6.07, 6.45) is 3.26. The molecule has 6 heteroatoms. The predicted octanol–water partition coefficient (Wildman–Crippen LogP) is 2.21. The molecule has 5 nitrogen and oxygen atoms in total. The molecule has 0 fully saturated rings. The summed E-state index contributed by atoms with van der Waals surface area (Å²) >= 11 is 1.22. The fourth-order valence-corrected chi connectivity index (χ4v) is 2.30. The molecule has 0 aliphatic carbocycles. The molecule has 0 bridgehead atoms. The number of aryl methyl sites for hydroxylation is 1. The molecule has 0 unspecified atom stereocenters. The molecule has 0 saturated heterocycles. The van der Waals surface area contributed by atoms with Crippen molar-refractivity contribution >= 4 is 23.2 Å². The molecular weight excluding hydrogens is 252 g/mol. The van der Waals surface area contributed by atoms with Crippen LogP contribution in [0.3, 0.4) is 0 Å². The fourth-order valence-electron chi connectivity index (χ4n) is 1.60. The fraction of sp³-hybridized carbons (Fsp3) is 0.583. The summed E-state index contributed by atoms with van der Waals surface area (Å²) in [5.74, 6) is -1.33. The number of nitrogens with one attached hydrogen (secondary N) is 1. The van der Waals surface area contributed by atoms with Crippen LogP contribution in [-0.4, -0.2) is 28.0 Å². The van der Waals surface area contributed by atoms with E-state index in [0.717, 1.165) is 19.3 Å². The van der Waals surface area contributed by atoms with Crippen LogP contribution >= 0.6 is 11.3 Å². The Morgan fingerprint density at radius 1 is 1.50 bits per heavy atom. The first-order chi connectivity index (χ1) is 8.56. The second kappa shape index (κ2) is 7.10. The van der Waals surface area contributed by atoms with Gasteiger partial charge in [-0.3, -0.25) is 4.79 Å². The summed E-state index contributed by atoms with van der Waals surface area (Å²) in [6.45, 7) is 3.79. The SMILES string of the molecule is CCCCC[C@@H](NC(=O)c1scnc1C)C(=O)O. The first-order valence-corrected chi connectivity index (χ1v) is 6.88.